The highest BCUT2D eigenvalue weighted by Gasteiger charge is 2.46. The molecule has 1 aliphatic carbocycles. The Morgan fingerprint density at radius 3 is 2.26 bits per heavy atom. The Kier molecular flexibility index (Phi) is 5.81. The average Bonchev–Trinajstić information content (AvgIpc) is 3.08. The van der Waals surface area contributed by atoms with Crippen LogP contribution in [-0.2, 0) is 9.59 Å². The normalized spacial score (nSPS) is 19.4. The average molecular weight is 419 g/mol. The molecule has 0 bridgehead atoms. The third-order valence-electron chi connectivity index (χ3n) is 6.01. The molecule has 7 heteroatoms. The zero-order valence-corrected chi connectivity index (χ0v) is 17.0. The summed E-state index contributed by atoms with van der Waals surface area (Å²) >= 11 is 0. The number of nitriles is 1. The summed E-state index contributed by atoms with van der Waals surface area (Å²) < 4.78 is 13.4. The maximum absolute atomic E-state index is 13.4. The predicted octanol–water partition coefficient (Wildman–Crippen LogP) is 3.80. The maximum atomic E-state index is 13.4. The summed E-state index contributed by atoms with van der Waals surface area (Å²) in [5, 5.41) is 8.98. The number of amides is 3. The van der Waals surface area contributed by atoms with Gasteiger partial charge in [0.05, 0.1) is 23.7 Å². The number of nitrogens with zero attached hydrogens (tertiary/aromatic N) is 3. The van der Waals surface area contributed by atoms with Crippen molar-refractivity contribution >= 4 is 23.4 Å². The van der Waals surface area contributed by atoms with Crippen LogP contribution in [0, 0.1) is 17.1 Å². The van der Waals surface area contributed by atoms with E-state index in [1.165, 1.54) is 24.3 Å². The highest BCUT2D eigenvalue weighted by atomic mass is 19.1. The molecule has 1 saturated heterocycles. The monoisotopic (exact) mass is 419 g/mol. The van der Waals surface area contributed by atoms with Crippen molar-refractivity contribution in [3.63, 3.8) is 0 Å². The number of carbonyl (C=O) groups excluding carboxylic acids is 3. The molecule has 0 radical (unpaired) electrons. The first-order valence-electron chi connectivity index (χ1n) is 10.4. The molecule has 0 N–H and O–H groups in total. The van der Waals surface area contributed by atoms with Crippen LogP contribution in [-0.4, -0.2) is 34.7 Å². The van der Waals surface area contributed by atoms with Gasteiger partial charge in [-0.2, -0.15) is 5.26 Å². The number of halogens is 1. The molecule has 1 saturated carbocycles. The van der Waals surface area contributed by atoms with Gasteiger partial charge in [0, 0.05) is 11.6 Å². The van der Waals surface area contributed by atoms with Gasteiger partial charge in [-0.05, 0) is 61.4 Å². The van der Waals surface area contributed by atoms with E-state index in [1.54, 1.807) is 29.2 Å². The van der Waals surface area contributed by atoms with Crippen LogP contribution in [0.5, 0.6) is 0 Å². The molecule has 2 aliphatic rings. The molecule has 1 aliphatic heterocycles. The van der Waals surface area contributed by atoms with Crippen LogP contribution in [0.25, 0.3) is 0 Å². The van der Waals surface area contributed by atoms with Gasteiger partial charge in [0.25, 0.3) is 11.8 Å². The molecule has 2 fully saturated rings. The van der Waals surface area contributed by atoms with Gasteiger partial charge < -0.3 is 4.90 Å². The van der Waals surface area contributed by atoms with Crippen LogP contribution < -0.4 is 4.90 Å². The summed E-state index contributed by atoms with van der Waals surface area (Å²) in [7, 11) is 0. The van der Waals surface area contributed by atoms with Crippen molar-refractivity contribution in [2.24, 2.45) is 0 Å². The zero-order valence-electron chi connectivity index (χ0n) is 17.0. The van der Waals surface area contributed by atoms with Crippen LogP contribution in [0.1, 0.15) is 54.4 Å². The van der Waals surface area contributed by atoms with E-state index >= 15 is 0 Å². The topological polar surface area (TPSA) is 81.5 Å². The number of rotatable bonds is 4. The molecule has 1 heterocycles. The molecule has 2 aromatic rings. The van der Waals surface area contributed by atoms with Gasteiger partial charge in [0.1, 0.15) is 11.9 Å². The third-order valence-corrected chi connectivity index (χ3v) is 6.01. The summed E-state index contributed by atoms with van der Waals surface area (Å²) in [6.45, 7) is 0. The third kappa shape index (κ3) is 4.06. The minimum Gasteiger partial charge on any atom is -0.323 e. The molecule has 1 unspecified atom stereocenters. The number of anilines is 1. The molecular formula is C24H22FN3O3. The second-order valence-corrected chi connectivity index (χ2v) is 7.96. The van der Waals surface area contributed by atoms with Crippen LogP contribution in [0.2, 0.25) is 0 Å². The first-order chi connectivity index (χ1) is 15.0. The van der Waals surface area contributed by atoms with Gasteiger partial charge in [0.15, 0.2) is 0 Å². The van der Waals surface area contributed by atoms with E-state index in [0.717, 1.165) is 37.0 Å². The molecular weight excluding hydrogens is 397 g/mol. The number of hydrogen-bond donors (Lipinski definition) is 0. The van der Waals surface area contributed by atoms with E-state index < -0.39 is 17.8 Å². The largest absolute Gasteiger partial charge is 0.323 e. The molecule has 6 nitrogen and oxygen atoms in total. The number of benzene rings is 2. The SMILES string of the molecule is N#Cc1ccc(N2C(=O)CC(N(C(=O)c3ccc(F)cc3)C3CCCCC3)C2=O)cc1. The molecule has 3 amide bonds. The Labute approximate surface area is 179 Å². The van der Waals surface area contributed by atoms with Gasteiger partial charge in [0.2, 0.25) is 5.91 Å². The Morgan fingerprint density at radius 1 is 1.00 bits per heavy atom. The molecule has 2 aromatic carbocycles. The van der Waals surface area contributed by atoms with Gasteiger partial charge in [-0.25, -0.2) is 9.29 Å². The van der Waals surface area contributed by atoms with Crippen LogP contribution >= 0.6 is 0 Å². The zero-order chi connectivity index (χ0) is 22.0. The van der Waals surface area contributed by atoms with E-state index in [2.05, 4.69) is 0 Å². The molecule has 4 rings (SSSR count). The second-order valence-electron chi connectivity index (χ2n) is 7.96. The summed E-state index contributed by atoms with van der Waals surface area (Å²) in [6.07, 6.45) is 4.41. The second kappa shape index (κ2) is 8.68. The Morgan fingerprint density at radius 2 is 1.65 bits per heavy atom. The van der Waals surface area contributed by atoms with E-state index in [9.17, 15) is 18.8 Å². The van der Waals surface area contributed by atoms with E-state index in [1.807, 2.05) is 6.07 Å². The fraction of sp³-hybridized carbons (Fsp3) is 0.333. The summed E-state index contributed by atoms with van der Waals surface area (Å²) in [5.41, 5.74) is 1.10. The fourth-order valence-electron chi connectivity index (χ4n) is 4.45. The first-order valence-corrected chi connectivity index (χ1v) is 10.4. The van der Waals surface area contributed by atoms with Crippen LogP contribution in [0.15, 0.2) is 48.5 Å². The van der Waals surface area contributed by atoms with Crippen molar-refractivity contribution in [2.45, 2.75) is 50.6 Å². The van der Waals surface area contributed by atoms with Crippen molar-refractivity contribution in [3.8, 4) is 6.07 Å². The first kappa shape index (κ1) is 20.7. The van der Waals surface area contributed by atoms with Crippen molar-refractivity contribution in [1.29, 1.82) is 5.26 Å². The van der Waals surface area contributed by atoms with Crippen molar-refractivity contribution < 1.29 is 18.8 Å². The molecule has 31 heavy (non-hydrogen) atoms. The lowest BCUT2D eigenvalue weighted by Gasteiger charge is -2.37. The highest BCUT2D eigenvalue weighted by Crippen LogP contribution is 2.32. The number of hydrogen-bond acceptors (Lipinski definition) is 4. The molecule has 0 aromatic heterocycles. The molecule has 1 atom stereocenters. The van der Waals surface area contributed by atoms with Crippen molar-refractivity contribution in [3.05, 3.63) is 65.5 Å². The molecule has 158 valence electrons. The molecule has 0 spiro atoms. The number of carbonyl (C=O) groups is 3. The maximum Gasteiger partial charge on any atom is 0.257 e. The fourth-order valence-corrected chi connectivity index (χ4v) is 4.45. The Hall–Kier alpha value is -3.53. The number of imide groups is 1. The van der Waals surface area contributed by atoms with Crippen LogP contribution in [0.4, 0.5) is 10.1 Å². The van der Waals surface area contributed by atoms with Crippen molar-refractivity contribution in [1.82, 2.24) is 4.90 Å². The quantitative estimate of drug-likeness (QED) is 0.706. The lowest BCUT2D eigenvalue weighted by molar-refractivity contribution is -0.123. The standard InChI is InChI=1S/C24H22FN3O3/c25-18-10-8-17(9-11-18)23(30)27(19-4-2-1-3-5-19)21-14-22(29)28(24(21)31)20-12-6-16(15-26)7-13-20/h6-13,19,21H,1-5,14H2. The summed E-state index contributed by atoms with van der Waals surface area (Å²) in [6, 6.07) is 12.4. The Balaban J connectivity index is 1.66. The van der Waals surface area contributed by atoms with Crippen LogP contribution in [0.3, 0.4) is 0 Å². The van der Waals surface area contributed by atoms with Gasteiger partial charge in [-0.1, -0.05) is 19.3 Å². The minimum absolute atomic E-state index is 0.0950. The minimum atomic E-state index is -0.899. The lowest BCUT2D eigenvalue weighted by atomic mass is 9.92. The summed E-state index contributed by atoms with van der Waals surface area (Å²) in [4.78, 5) is 42.2. The predicted molar refractivity (Wildman–Crippen MR) is 111 cm³/mol. The van der Waals surface area contributed by atoms with E-state index in [-0.39, 0.29) is 24.3 Å². The highest BCUT2D eigenvalue weighted by molar-refractivity contribution is 6.23. The van der Waals surface area contributed by atoms with Crippen molar-refractivity contribution in [2.75, 3.05) is 4.90 Å². The summed E-state index contributed by atoms with van der Waals surface area (Å²) in [5.74, 6) is -1.64. The Bertz CT molecular complexity index is 1040. The van der Waals surface area contributed by atoms with E-state index in [4.69, 9.17) is 5.26 Å². The smallest absolute Gasteiger partial charge is 0.257 e. The van der Waals surface area contributed by atoms with Gasteiger partial charge in [-0.3, -0.25) is 14.4 Å². The lowest BCUT2D eigenvalue weighted by Crippen LogP contribution is -2.51. The van der Waals surface area contributed by atoms with Gasteiger partial charge >= 0.3 is 0 Å². The van der Waals surface area contributed by atoms with E-state index in [0.29, 0.717) is 16.8 Å². The van der Waals surface area contributed by atoms with Gasteiger partial charge in [-0.15, -0.1) is 0 Å².